The van der Waals surface area contributed by atoms with E-state index in [1.807, 2.05) is 23.1 Å². The SMILES string of the molecule is NCCSCC(=O)N1CCN(C/C=C/c2ccccc2)CC1. The van der Waals surface area contributed by atoms with Gasteiger partial charge in [-0.05, 0) is 5.56 Å². The molecule has 2 rings (SSSR count). The van der Waals surface area contributed by atoms with Crippen molar-refractivity contribution in [3.63, 3.8) is 0 Å². The molecular formula is C17H25N3OS. The second kappa shape index (κ2) is 9.66. The molecule has 0 aromatic heterocycles. The molecule has 1 amide bonds. The van der Waals surface area contributed by atoms with Gasteiger partial charge in [-0.2, -0.15) is 11.8 Å². The quantitative estimate of drug-likeness (QED) is 0.775. The number of rotatable bonds is 7. The van der Waals surface area contributed by atoms with E-state index in [0.717, 1.165) is 38.5 Å². The molecular weight excluding hydrogens is 294 g/mol. The van der Waals surface area contributed by atoms with Crippen LogP contribution in [0.15, 0.2) is 36.4 Å². The third kappa shape index (κ3) is 5.83. The van der Waals surface area contributed by atoms with Crippen LogP contribution in [0.25, 0.3) is 6.08 Å². The minimum atomic E-state index is 0.248. The van der Waals surface area contributed by atoms with Gasteiger partial charge >= 0.3 is 0 Å². The molecule has 1 fully saturated rings. The maximum atomic E-state index is 12.0. The summed E-state index contributed by atoms with van der Waals surface area (Å²) in [5.41, 5.74) is 6.67. The molecule has 0 saturated carbocycles. The Balaban J connectivity index is 1.66. The van der Waals surface area contributed by atoms with Crippen LogP contribution in [0.1, 0.15) is 5.56 Å². The topological polar surface area (TPSA) is 49.6 Å². The Hall–Kier alpha value is -1.30. The number of hydrogen-bond acceptors (Lipinski definition) is 4. The molecule has 1 saturated heterocycles. The number of thioether (sulfide) groups is 1. The summed E-state index contributed by atoms with van der Waals surface area (Å²) in [6.07, 6.45) is 4.35. The zero-order chi connectivity index (χ0) is 15.6. The molecule has 22 heavy (non-hydrogen) atoms. The maximum Gasteiger partial charge on any atom is 0.232 e. The van der Waals surface area contributed by atoms with Crippen LogP contribution >= 0.6 is 11.8 Å². The van der Waals surface area contributed by atoms with Gasteiger partial charge in [0, 0.05) is 45.0 Å². The normalized spacial score (nSPS) is 16.3. The predicted molar refractivity (Wildman–Crippen MR) is 94.9 cm³/mol. The fourth-order valence-corrected chi connectivity index (χ4v) is 3.08. The lowest BCUT2D eigenvalue weighted by molar-refractivity contribution is -0.129. The summed E-state index contributed by atoms with van der Waals surface area (Å²) < 4.78 is 0. The molecule has 0 unspecified atom stereocenters. The van der Waals surface area contributed by atoms with Crippen molar-refractivity contribution in [3.05, 3.63) is 42.0 Å². The van der Waals surface area contributed by atoms with Crippen molar-refractivity contribution in [3.8, 4) is 0 Å². The number of nitrogens with zero attached hydrogens (tertiary/aromatic N) is 2. The summed E-state index contributed by atoms with van der Waals surface area (Å²) in [7, 11) is 0. The average molecular weight is 319 g/mol. The van der Waals surface area contributed by atoms with E-state index in [-0.39, 0.29) is 5.91 Å². The molecule has 1 heterocycles. The van der Waals surface area contributed by atoms with Crippen LogP contribution < -0.4 is 5.73 Å². The monoisotopic (exact) mass is 319 g/mol. The van der Waals surface area contributed by atoms with Gasteiger partial charge in [-0.1, -0.05) is 42.5 Å². The van der Waals surface area contributed by atoms with Crippen LogP contribution in [0.4, 0.5) is 0 Å². The van der Waals surface area contributed by atoms with E-state index in [1.54, 1.807) is 11.8 Å². The highest BCUT2D eigenvalue weighted by molar-refractivity contribution is 7.99. The third-order valence-electron chi connectivity index (χ3n) is 3.69. The first kappa shape index (κ1) is 17.1. The average Bonchev–Trinajstić information content (AvgIpc) is 2.56. The van der Waals surface area contributed by atoms with Crippen LogP contribution in [0, 0.1) is 0 Å². The highest BCUT2D eigenvalue weighted by atomic mass is 32.2. The Morgan fingerprint density at radius 1 is 1.18 bits per heavy atom. The van der Waals surface area contributed by atoms with Gasteiger partial charge in [-0.3, -0.25) is 9.69 Å². The fourth-order valence-electron chi connectivity index (χ4n) is 2.42. The van der Waals surface area contributed by atoms with E-state index in [4.69, 9.17) is 5.73 Å². The Kier molecular flexibility index (Phi) is 7.49. The number of benzene rings is 1. The summed E-state index contributed by atoms with van der Waals surface area (Å²) in [4.78, 5) is 16.4. The van der Waals surface area contributed by atoms with Crippen molar-refractivity contribution < 1.29 is 4.79 Å². The summed E-state index contributed by atoms with van der Waals surface area (Å²) in [5, 5.41) is 0. The van der Waals surface area contributed by atoms with Gasteiger partial charge < -0.3 is 10.6 Å². The predicted octanol–water partition coefficient (Wildman–Crippen LogP) is 1.54. The molecule has 1 aliphatic rings. The Labute approximate surface area is 137 Å². The fraction of sp³-hybridized carbons (Fsp3) is 0.471. The number of nitrogens with two attached hydrogens (primary N) is 1. The first-order valence-corrected chi connectivity index (χ1v) is 8.94. The third-order valence-corrected chi connectivity index (χ3v) is 4.66. The summed E-state index contributed by atoms with van der Waals surface area (Å²) >= 11 is 1.63. The highest BCUT2D eigenvalue weighted by Gasteiger charge is 2.19. The number of piperazine rings is 1. The second-order valence-electron chi connectivity index (χ2n) is 5.34. The zero-order valence-corrected chi connectivity index (χ0v) is 13.8. The number of carbonyl (C=O) groups is 1. The molecule has 0 aliphatic carbocycles. The van der Waals surface area contributed by atoms with Crippen molar-refractivity contribution in [2.45, 2.75) is 0 Å². The van der Waals surface area contributed by atoms with Crippen molar-refractivity contribution in [2.24, 2.45) is 5.73 Å². The summed E-state index contributed by atoms with van der Waals surface area (Å²) in [5.74, 6) is 1.67. The van der Waals surface area contributed by atoms with Crippen molar-refractivity contribution in [1.82, 2.24) is 9.80 Å². The molecule has 0 radical (unpaired) electrons. The van der Waals surface area contributed by atoms with Crippen LogP contribution in [0.3, 0.4) is 0 Å². The molecule has 1 aromatic carbocycles. The van der Waals surface area contributed by atoms with E-state index in [9.17, 15) is 4.79 Å². The van der Waals surface area contributed by atoms with Gasteiger partial charge in [0.2, 0.25) is 5.91 Å². The van der Waals surface area contributed by atoms with E-state index >= 15 is 0 Å². The number of carbonyl (C=O) groups excluding carboxylic acids is 1. The summed E-state index contributed by atoms with van der Waals surface area (Å²) in [6, 6.07) is 10.3. The van der Waals surface area contributed by atoms with Crippen LogP contribution in [-0.2, 0) is 4.79 Å². The largest absolute Gasteiger partial charge is 0.339 e. The molecule has 0 atom stereocenters. The Morgan fingerprint density at radius 3 is 2.59 bits per heavy atom. The molecule has 0 bridgehead atoms. The van der Waals surface area contributed by atoms with Crippen molar-refractivity contribution in [2.75, 3.05) is 50.8 Å². The lowest BCUT2D eigenvalue weighted by Crippen LogP contribution is -2.49. The van der Waals surface area contributed by atoms with Crippen LogP contribution in [-0.4, -0.2) is 66.5 Å². The second-order valence-corrected chi connectivity index (χ2v) is 6.44. The lowest BCUT2D eigenvalue weighted by atomic mass is 10.2. The van der Waals surface area contributed by atoms with E-state index < -0.39 is 0 Å². The Morgan fingerprint density at radius 2 is 1.91 bits per heavy atom. The Bertz CT molecular complexity index is 470. The minimum Gasteiger partial charge on any atom is -0.339 e. The van der Waals surface area contributed by atoms with E-state index in [1.165, 1.54) is 5.56 Å². The lowest BCUT2D eigenvalue weighted by Gasteiger charge is -2.34. The highest BCUT2D eigenvalue weighted by Crippen LogP contribution is 2.07. The number of hydrogen-bond donors (Lipinski definition) is 1. The zero-order valence-electron chi connectivity index (χ0n) is 13.0. The van der Waals surface area contributed by atoms with Gasteiger partial charge in [-0.25, -0.2) is 0 Å². The van der Waals surface area contributed by atoms with E-state index in [2.05, 4.69) is 29.2 Å². The number of amides is 1. The molecule has 0 spiro atoms. The van der Waals surface area contributed by atoms with Gasteiger partial charge in [0.15, 0.2) is 0 Å². The molecule has 1 aromatic rings. The maximum absolute atomic E-state index is 12.0. The van der Waals surface area contributed by atoms with Crippen molar-refractivity contribution >= 4 is 23.7 Å². The smallest absolute Gasteiger partial charge is 0.232 e. The van der Waals surface area contributed by atoms with Gasteiger partial charge in [0.05, 0.1) is 5.75 Å². The standard InChI is InChI=1S/C17H25N3OS/c18-8-14-22-15-17(21)20-12-10-19(11-13-20)9-4-7-16-5-2-1-3-6-16/h1-7H,8-15,18H2/b7-4+. The molecule has 2 N–H and O–H groups in total. The molecule has 4 nitrogen and oxygen atoms in total. The van der Waals surface area contributed by atoms with Gasteiger partial charge in [0.25, 0.3) is 0 Å². The van der Waals surface area contributed by atoms with Crippen LogP contribution in [0.2, 0.25) is 0 Å². The minimum absolute atomic E-state index is 0.248. The van der Waals surface area contributed by atoms with Crippen molar-refractivity contribution in [1.29, 1.82) is 0 Å². The first-order chi connectivity index (χ1) is 10.8. The molecule has 5 heteroatoms. The summed E-state index contributed by atoms with van der Waals surface area (Å²) in [6.45, 7) is 5.15. The molecule has 1 aliphatic heterocycles. The van der Waals surface area contributed by atoms with Crippen LogP contribution in [0.5, 0.6) is 0 Å². The first-order valence-electron chi connectivity index (χ1n) is 7.79. The molecule has 120 valence electrons. The van der Waals surface area contributed by atoms with Gasteiger partial charge in [-0.15, -0.1) is 0 Å². The van der Waals surface area contributed by atoms with Gasteiger partial charge in [0.1, 0.15) is 0 Å². The van der Waals surface area contributed by atoms with E-state index in [0.29, 0.717) is 12.3 Å².